The number of carbonyl (C=O) groups excluding carboxylic acids is 1. The summed E-state index contributed by atoms with van der Waals surface area (Å²) in [4.78, 5) is 27.6. The smallest absolute Gasteiger partial charge is 0.344 e. The minimum absolute atomic E-state index is 0.0808. The Labute approximate surface area is 112 Å². The van der Waals surface area contributed by atoms with Crippen LogP contribution in [0.25, 0.3) is 10.8 Å². The van der Waals surface area contributed by atoms with Crippen LogP contribution < -0.4 is 10.9 Å². The average Bonchev–Trinajstić information content (AvgIpc) is 2.92. The molecule has 2 N–H and O–H groups in total. The molecule has 0 radical (unpaired) electrons. The standard InChI is InChI=1S/C13H10N4O3/c1-7-2-3-8-5-10(20-12(19)9(8)4-7)11(18)16-13-14-6-15-17-13/h2-6H,1H3,(H2,14,15,16,17,18). The fourth-order valence-corrected chi connectivity index (χ4v) is 1.85. The van der Waals surface area contributed by atoms with Crippen LogP contribution in [0.3, 0.4) is 0 Å². The van der Waals surface area contributed by atoms with Gasteiger partial charge in [-0.2, -0.15) is 10.1 Å². The lowest BCUT2D eigenvalue weighted by Crippen LogP contribution is -2.15. The summed E-state index contributed by atoms with van der Waals surface area (Å²) in [6, 6.07) is 6.87. The van der Waals surface area contributed by atoms with Crippen molar-refractivity contribution >= 4 is 22.6 Å². The first kappa shape index (κ1) is 12.1. The zero-order chi connectivity index (χ0) is 14.1. The van der Waals surface area contributed by atoms with Crippen LogP contribution in [-0.2, 0) is 0 Å². The van der Waals surface area contributed by atoms with Crippen LogP contribution >= 0.6 is 0 Å². The number of hydrogen-bond donors (Lipinski definition) is 2. The van der Waals surface area contributed by atoms with Crippen LogP contribution in [-0.4, -0.2) is 21.1 Å². The van der Waals surface area contributed by atoms with E-state index in [2.05, 4.69) is 20.5 Å². The van der Waals surface area contributed by atoms with Crippen LogP contribution in [0.1, 0.15) is 16.1 Å². The summed E-state index contributed by atoms with van der Waals surface area (Å²) in [6.07, 6.45) is 1.26. The molecule has 0 saturated heterocycles. The molecule has 2 heterocycles. The maximum absolute atomic E-state index is 11.9. The number of aromatic nitrogens is 3. The van der Waals surface area contributed by atoms with Crippen LogP contribution in [0.2, 0.25) is 0 Å². The highest BCUT2D eigenvalue weighted by Gasteiger charge is 2.13. The zero-order valence-electron chi connectivity index (χ0n) is 10.5. The molecule has 7 nitrogen and oxygen atoms in total. The Hall–Kier alpha value is -2.96. The van der Waals surface area contributed by atoms with Crippen molar-refractivity contribution in [2.75, 3.05) is 5.32 Å². The maximum atomic E-state index is 11.9. The van der Waals surface area contributed by atoms with E-state index >= 15 is 0 Å². The minimum atomic E-state index is -0.568. The Morgan fingerprint density at radius 3 is 2.95 bits per heavy atom. The van der Waals surface area contributed by atoms with E-state index in [9.17, 15) is 9.59 Å². The van der Waals surface area contributed by atoms with Crippen molar-refractivity contribution in [2.24, 2.45) is 0 Å². The highest BCUT2D eigenvalue weighted by Crippen LogP contribution is 2.14. The van der Waals surface area contributed by atoms with E-state index in [0.717, 1.165) is 5.56 Å². The van der Waals surface area contributed by atoms with Crippen LogP contribution in [0.4, 0.5) is 5.95 Å². The van der Waals surface area contributed by atoms with E-state index in [0.29, 0.717) is 10.8 Å². The number of benzene rings is 1. The Morgan fingerprint density at radius 1 is 1.35 bits per heavy atom. The molecule has 0 fully saturated rings. The molecule has 7 heteroatoms. The summed E-state index contributed by atoms with van der Waals surface area (Å²) in [5.41, 5.74) is 0.401. The summed E-state index contributed by atoms with van der Waals surface area (Å²) in [7, 11) is 0. The quantitative estimate of drug-likeness (QED) is 0.734. The lowest BCUT2D eigenvalue weighted by Gasteiger charge is -2.03. The van der Waals surface area contributed by atoms with Crippen molar-refractivity contribution < 1.29 is 9.21 Å². The highest BCUT2D eigenvalue weighted by molar-refractivity contribution is 6.03. The monoisotopic (exact) mass is 270 g/mol. The molecule has 0 saturated carbocycles. The molecule has 0 atom stereocenters. The van der Waals surface area contributed by atoms with E-state index in [1.807, 2.05) is 13.0 Å². The lowest BCUT2D eigenvalue weighted by atomic mass is 10.1. The number of aryl methyl sites for hydroxylation is 1. The van der Waals surface area contributed by atoms with Gasteiger partial charge in [0.25, 0.3) is 5.91 Å². The third-order valence-electron chi connectivity index (χ3n) is 2.79. The number of amides is 1. The van der Waals surface area contributed by atoms with Crippen LogP contribution in [0, 0.1) is 6.92 Å². The number of rotatable bonds is 2. The molecule has 1 amide bonds. The van der Waals surface area contributed by atoms with Gasteiger partial charge in [0.05, 0.1) is 5.39 Å². The molecule has 3 rings (SSSR count). The van der Waals surface area contributed by atoms with Gasteiger partial charge in [-0.25, -0.2) is 9.89 Å². The van der Waals surface area contributed by atoms with E-state index in [1.165, 1.54) is 12.4 Å². The van der Waals surface area contributed by atoms with Gasteiger partial charge in [0.1, 0.15) is 6.33 Å². The lowest BCUT2D eigenvalue weighted by molar-refractivity contribution is 0.0992. The van der Waals surface area contributed by atoms with Crippen molar-refractivity contribution in [3.8, 4) is 0 Å². The van der Waals surface area contributed by atoms with E-state index in [1.54, 1.807) is 12.1 Å². The molecule has 0 spiro atoms. The topological polar surface area (TPSA) is 101 Å². The Bertz CT molecular complexity index is 836. The van der Waals surface area contributed by atoms with E-state index in [4.69, 9.17) is 4.42 Å². The first-order valence-corrected chi connectivity index (χ1v) is 5.85. The number of carbonyl (C=O) groups is 1. The van der Waals surface area contributed by atoms with Gasteiger partial charge in [0, 0.05) is 0 Å². The van der Waals surface area contributed by atoms with Gasteiger partial charge >= 0.3 is 5.63 Å². The summed E-state index contributed by atoms with van der Waals surface area (Å²) in [5.74, 6) is -0.467. The highest BCUT2D eigenvalue weighted by atomic mass is 16.4. The van der Waals surface area contributed by atoms with Gasteiger partial charge in [-0.1, -0.05) is 17.7 Å². The third-order valence-corrected chi connectivity index (χ3v) is 2.79. The van der Waals surface area contributed by atoms with Crippen molar-refractivity contribution in [3.63, 3.8) is 0 Å². The second-order valence-electron chi connectivity index (χ2n) is 4.28. The fraction of sp³-hybridized carbons (Fsp3) is 0.0769. The summed E-state index contributed by atoms with van der Waals surface area (Å²) < 4.78 is 5.03. The predicted molar refractivity (Wildman–Crippen MR) is 71.6 cm³/mol. The Balaban J connectivity index is 2.02. The molecule has 2 aromatic heterocycles. The Kier molecular flexibility index (Phi) is 2.79. The number of fused-ring (bicyclic) bond motifs is 1. The maximum Gasteiger partial charge on any atom is 0.344 e. The number of anilines is 1. The van der Waals surface area contributed by atoms with Crippen molar-refractivity contribution in [1.82, 2.24) is 15.2 Å². The number of nitrogens with one attached hydrogen (secondary N) is 2. The molecule has 0 unspecified atom stereocenters. The van der Waals surface area contributed by atoms with Crippen LogP contribution in [0.15, 0.2) is 39.8 Å². The second-order valence-corrected chi connectivity index (χ2v) is 4.28. The number of nitrogens with zero attached hydrogens (tertiary/aromatic N) is 2. The SMILES string of the molecule is Cc1ccc2cc(C(=O)Nc3ncn[nH]3)oc(=O)c2c1. The average molecular weight is 270 g/mol. The minimum Gasteiger partial charge on any atom is -0.417 e. The van der Waals surface area contributed by atoms with Gasteiger partial charge < -0.3 is 4.42 Å². The first-order chi connectivity index (χ1) is 9.63. The fourth-order valence-electron chi connectivity index (χ4n) is 1.85. The Morgan fingerprint density at radius 2 is 2.20 bits per heavy atom. The van der Waals surface area contributed by atoms with Crippen LogP contribution in [0.5, 0.6) is 0 Å². The molecule has 0 bridgehead atoms. The molecular formula is C13H10N4O3. The van der Waals surface area contributed by atoms with Crippen molar-refractivity contribution in [1.29, 1.82) is 0 Å². The largest absolute Gasteiger partial charge is 0.417 e. The summed E-state index contributed by atoms with van der Waals surface area (Å²) >= 11 is 0. The van der Waals surface area contributed by atoms with Crippen molar-refractivity contribution in [2.45, 2.75) is 6.92 Å². The first-order valence-electron chi connectivity index (χ1n) is 5.85. The molecule has 0 aliphatic heterocycles. The molecule has 0 aliphatic rings. The van der Waals surface area contributed by atoms with E-state index in [-0.39, 0.29) is 11.7 Å². The number of H-pyrrole nitrogens is 1. The second kappa shape index (κ2) is 4.61. The molecule has 3 aromatic rings. The summed E-state index contributed by atoms with van der Waals surface area (Å²) in [6.45, 7) is 1.88. The molecule has 0 aliphatic carbocycles. The molecular weight excluding hydrogens is 260 g/mol. The molecule has 100 valence electrons. The van der Waals surface area contributed by atoms with E-state index < -0.39 is 11.5 Å². The van der Waals surface area contributed by atoms with Crippen molar-refractivity contribution in [3.05, 3.63) is 52.3 Å². The molecule has 1 aromatic carbocycles. The predicted octanol–water partition coefficient (Wildman–Crippen LogP) is 1.47. The summed E-state index contributed by atoms with van der Waals surface area (Å²) in [5, 5.41) is 9.62. The third kappa shape index (κ3) is 2.16. The van der Waals surface area contributed by atoms with Gasteiger partial charge in [-0.05, 0) is 24.4 Å². The van der Waals surface area contributed by atoms with Gasteiger partial charge in [-0.3, -0.25) is 10.1 Å². The zero-order valence-corrected chi connectivity index (χ0v) is 10.5. The molecule has 20 heavy (non-hydrogen) atoms. The number of aromatic amines is 1. The normalized spacial score (nSPS) is 10.7. The van der Waals surface area contributed by atoms with Gasteiger partial charge in [0.15, 0.2) is 5.76 Å². The van der Waals surface area contributed by atoms with Gasteiger partial charge in [0.2, 0.25) is 5.95 Å². The van der Waals surface area contributed by atoms with Gasteiger partial charge in [-0.15, -0.1) is 0 Å². The number of hydrogen-bond acceptors (Lipinski definition) is 5.